The van der Waals surface area contributed by atoms with Crippen LogP contribution in [0.15, 0.2) is 59.6 Å². The minimum Gasteiger partial charge on any atom is -0.465 e. The zero-order valence-corrected chi connectivity index (χ0v) is 26.5. The Kier molecular flexibility index (Phi) is 8.32. The maximum absolute atomic E-state index is 13.7. The fourth-order valence-corrected chi connectivity index (χ4v) is 9.20. The molecule has 3 amide bonds. The molecule has 2 aromatic carbocycles. The van der Waals surface area contributed by atoms with E-state index >= 15 is 0 Å². The number of aromatic nitrogens is 1. The number of carbonyl (C=O) groups is 2. The van der Waals surface area contributed by atoms with Gasteiger partial charge >= 0.3 is 12.1 Å². The minimum atomic E-state index is -3.98. The normalized spacial score (nSPS) is 22.5. The fourth-order valence-electron chi connectivity index (χ4n) is 6.24. The number of benzene rings is 2. The molecule has 3 saturated carbocycles. The van der Waals surface area contributed by atoms with Crippen LogP contribution in [-0.2, 0) is 15.4 Å². The number of anilines is 1. The van der Waals surface area contributed by atoms with Crippen molar-refractivity contribution in [2.24, 2.45) is 0 Å². The Morgan fingerprint density at radius 1 is 1.00 bits per heavy atom. The highest BCUT2D eigenvalue weighted by Crippen LogP contribution is 2.55. The Bertz CT molecular complexity index is 1590. The van der Waals surface area contributed by atoms with Gasteiger partial charge in [0, 0.05) is 33.9 Å². The van der Waals surface area contributed by atoms with Gasteiger partial charge in [0.25, 0.3) is 0 Å². The number of rotatable bonds is 8. The van der Waals surface area contributed by atoms with Crippen LogP contribution in [0.3, 0.4) is 0 Å². The summed E-state index contributed by atoms with van der Waals surface area (Å²) in [7, 11) is -3.98. The van der Waals surface area contributed by atoms with Gasteiger partial charge in [-0.1, -0.05) is 36.4 Å². The lowest BCUT2D eigenvalue weighted by Crippen LogP contribution is -2.57. The molecule has 0 aliphatic heterocycles. The number of sulfonamides is 1. The van der Waals surface area contributed by atoms with Crippen molar-refractivity contribution in [3.8, 4) is 10.4 Å². The van der Waals surface area contributed by atoms with Crippen molar-refractivity contribution in [3.63, 3.8) is 0 Å². The van der Waals surface area contributed by atoms with Crippen molar-refractivity contribution in [1.29, 1.82) is 0 Å². The first-order valence-corrected chi connectivity index (χ1v) is 16.8. The van der Waals surface area contributed by atoms with Gasteiger partial charge in [-0.05, 0) is 83.9 Å². The highest BCUT2D eigenvalue weighted by atomic mass is 32.2. The molecule has 1 atom stereocenters. The first kappa shape index (κ1) is 31.0. The number of urea groups is 1. The molecule has 10 nitrogen and oxygen atoms in total. The van der Waals surface area contributed by atoms with Gasteiger partial charge in [-0.25, -0.2) is 27.7 Å². The topological polar surface area (TPSA) is 150 Å². The Hall–Kier alpha value is -3.48. The summed E-state index contributed by atoms with van der Waals surface area (Å²) in [5, 5.41) is 18.7. The van der Waals surface area contributed by atoms with Crippen molar-refractivity contribution < 1.29 is 23.1 Å². The Labute approximate surface area is 256 Å². The highest BCUT2D eigenvalue weighted by Gasteiger charge is 2.51. The van der Waals surface area contributed by atoms with Crippen LogP contribution in [0.25, 0.3) is 10.4 Å². The summed E-state index contributed by atoms with van der Waals surface area (Å²) in [4.78, 5) is 29.7. The van der Waals surface area contributed by atoms with Crippen molar-refractivity contribution in [2.45, 2.75) is 93.7 Å². The standard InChI is InChI=1S/C31H39N5O5S2/c1-20(21-8-6-5-7-9-21)33-27(37)34-22-10-11-23(25(18-22)43(40,41)36-29(2,3)4)24-19-32-26(42-24)30-12-15-31(16-13-30,17-14-30)35-28(38)39/h5-11,18-20,35-36H,12-17H2,1-4H3,(H,38,39)(H2,33,34,37)/t20-,30?,31?/m0/s1. The molecule has 12 heteroatoms. The molecule has 1 heterocycles. The van der Waals surface area contributed by atoms with Gasteiger partial charge in [-0.3, -0.25) is 0 Å². The summed E-state index contributed by atoms with van der Waals surface area (Å²) in [5.41, 5.74) is 0.589. The van der Waals surface area contributed by atoms with Gasteiger partial charge in [0.05, 0.1) is 20.8 Å². The summed E-state index contributed by atoms with van der Waals surface area (Å²) in [6.45, 7) is 7.21. The number of nitrogens with one attached hydrogen (secondary N) is 4. The molecule has 0 spiro atoms. The second-order valence-electron chi connectivity index (χ2n) is 12.8. The van der Waals surface area contributed by atoms with Gasteiger partial charge < -0.3 is 21.1 Å². The second kappa shape index (κ2) is 11.5. The zero-order valence-electron chi connectivity index (χ0n) is 24.9. The third-order valence-electron chi connectivity index (χ3n) is 8.46. The van der Waals surface area contributed by atoms with E-state index in [1.54, 1.807) is 39.1 Å². The predicted octanol–water partition coefficient (Wildman–Crippen LogP) is 6.38. The number of carbonyl (C=O) groups excluding carboxylic acids is 1. The number of hydrogen-bond donors (Lipinski definition) is 5. The van der Waals surface area contributed by atoms with Crippen molar-refractivity contribution in [2.75, 3.05) is 5.32 Å². The average Bonchev–Trinajstić information content (AvgIpc) is 3.44. The molecule has 3 aliphatic carbocycles. The van der Waals surface area contributed by atoms with E-state index in [-0.39, 0.29) is 21.9 Å². The van der Waals surface area contributed by atoms with Gasteiger partial charge in [-0.2, -0.15) is 0 Å². The van der Waals surface area contributed by atoms with Crippen LogP contribution >= 0.6 is 11.3 Å². The fraction of sp³-hybridized carbons (Fsp3) is 0.452. The lowest BCUT2D eigenvalue weighted by atomic mass is 9.57. The SMILES string of the molecule is C[C@H](NC(=O)Nc1ccc(-c2cnc(C34CCC(NC(=O)O)(CC3)CC4)s2)c(S(=O)(=O)NC(C)(C)C)c1)c1ccccc1. The maximum Gasteiger partial charge on any atom is 0.405 e. The van der Waals surface area contributed by atoms with Crippen molar-refractivity contribution in [3.05, 3.63) is 65.3 Å². The molecule has 0 saturated heterocycles. The maximum atomic E-state index is 13.7. The van der Waals surface area contributed by atoms with E-state index in [0.717, 1.165) is 54.0 Å². The molecule has 3 aliphatic rings. The number of carboxylic acid groups (broad SMARTS) is 1. The Morgan fingerprint density at radius 3 is 2.26 bits per heavy atom. The van der Waals surface area contributed by atoms with Crippen molar-refractivity contribution >= 4 is 39.2 Å². The zero-order chi connectivity index (χ0) is 31.0. The lowest BCUT2D eigenvalue weighted by Gasteiger charge is -2.52. The first-order valence-electron chi connectivity index (χ1n) is 14.5. The second-order valence-corrected chi connectivity index (χ2v) is 15.5. The Balaban J connectivity index is 1.41. The van der Waals surface area contributed by atoms with Gasteiger partial charge in [0.2, 0.25) is 10.0 Å². The van der Waals surface area contributed by atoms with Crippen LogP contribution in [0.1, 0.15) is 82.8 Å². The largest absolute Gasteiger partial charge is 0.465 e. The quantitative estimate of drug-likeness (QED) is 0.196. The summed E-state index contributed by atoms with van der Waals surface area (Å²) >= 11 is 1.49. The number of fused-ring (bicyclic) bond motifs is 3. The Morgan fingerprint density at radius 2 is 1.65 bits per heavy atom. The van der Waals surface area contributed by atoms with E-state index in [0.29, 0.717) is 11.3 Å². The van der Waals surface area contributed by atoms with Crippen LogP contribution in [0.4, 0.5) is 15.3 Å². The van der Waals surface area contributed by atoms with E-state index in [2.05, 4.69) is 20.7 Å². The number of amides is 3. The predicted molar refractivity (Wildman–Crippen MR) is 168 cm³/mol. The van der Waals surface area contributed by atoms with Crippen molar-refractivity contribution in [1.82, 2.24) is 20.3 Å². The molecule has 3 fully saturated rings. The smallest absolute Gasteiger partial charge is 0.405 e. The summed E-state index contributed by atoms with van der Waals surface area (Å²) in [6.07, 6.45) is 5.51. The summed E-state index contributed by atoms with van der Waals surface area (Å²) in [6, 6.07) is 13.8. The molecule has 0 unspecified atom stereocenters. The third kappa shape index (κ3) is 6.86. The number of nitrogens with zero attached hydrogens (tertiary/aromatic N) is 1. The van der Waals surface area contributed by atoms with Gasteiger partial charge in [-0.15, -0.1) is 11.3 Å². The molecule has 1 aromatic heterocycles. The van der Waals surface area contributed by atoms with E-state index in [1.807, 2.05) is 37.3 Å². The van der Waals surface area contributed by atoms with Crippen LogP contribution in [-0.4, -0.2) is 41.7 Å². The van der Waals surface area contributed by atoms with Crippen LogP contribution in [0, 0.1) is 0 Å². The summed E-state index contributed by atoms with van der Waals surface area (Å²) in [5.74, 6) is 0. The molecule has 3 aromatic rings. The van der Waals surface area contributed by atoms with E-state index in [4.69, 9.17) is 4.98 Å². The van der Waals surface area contributed by atoms with Gasteiger partial charge in [0.15, 0.2) is 0 Å². The van der Waals surface area contributed by atoms with Crippen LogP contribution in [0.5, 0.6) is 0 Å². The van der Waals surface area contributed by atoms with E-state index in [9.17, 15) is 23.1 Å². The first-order chi connectivity index (χ1) is 20.2. The molecule has 0 radical (unpaired) electrons. The van der Waals surface area contributed by atoms with Crippen LogP contribution < -0.4 is 20.7 Å². The number of thiazole rings is 1. The van der Waals surface area contributed by atoms with E-state index < -0.39 is 27.7 Å². The average molecular weight is 626 g/mol. The van der Waals surface area contributed by atoms with Crippen LogP contribution in [0.2, 0.25) is 0 Å². The molecule has 2 bridgehead atoms. The molecule has 43 heavy (non-hydrogen) atoms. The van der Waals surface area contributed by atoms with Gasteiger partial charge in [0.1, 0.15) is 0 Å². The molecule has 5 N–H and O–H groups in total. The lowest BCUT2D eigenvalue weighted by molar-refractivity contribution is 0.0746. The van der Waals surface area contributed by atoms with E-state index in [1.165, 1.54) is 17.4 Å². The third-order valence-corrected chi connectivity index (χ3v) is 11.5. The molecular formula is C31H39N5O5S2. The molecular weight excluding hydrogens is 587 g/mol. The molecule has 230 valence electrons. The summed E-state index contributed by atoms with van der Waals surface area (Å²) < 4.78 is 30.1. The number of hydrogen-bond acceptors (Lipinski definition) is 6. The highest BCUT2D eigenvalue weighted by molar-refractivity contribution is 7.89. The minimum absolute atomic E-state index is 0.0565. The molecule has 6 rings (SSSR count). The monoisotopic (exact) mass is 625 g/mol.